The van der Waals surface area contributed by atoms with Crippen LogP contribution >= 0.6 is 15.9 Å². The van der Waals surface area contributed by atoms with Gasteiger partial charge in [-0.2, -0.15) is 23.4 Å². The maximum Gasteiger partial charge on any atom is 0.410 e. The van der Waals surface area contributed by atoms with Gasteiger partial charge >= 0.3 is 6.18 Å². The molecule has 0 aliphatic carbocycles. The summed E-state index contributed by atoms with van der Waals surface area (Å²) in [5, 5.41) is 13.8. The smallest absolute Gasteiger partial charge is 0.363 e. The van der Waals surface area contributed by atoms with E-state index in [-0.39, 0.29) is 24.3 Å². The lowest BCUT2D eigenvalue weighted by Gasteiger charge is -2.34. The van der Waals surface area contributed by atoms with Crippen molar-refractivity contribution < 1.29 is 18.0 Å². The van der Waals surface area contributed by atoms with Crippen LogP contribution in [0.4, 0.5) is 19.0 Å². The van der Waals surface area contributed by atoms with Gasteiger partial charge in [0.05, 0.1) is 18.4 Å². The van der Waals surface area contributed by atoms with E-state index < -0.39 is 24.2 Å². The van der Waals surface area contributed by atoms with Gasteiger partial charge in [-0.3, -0.25) is 9.48 Å². The van der Waals surface area contributed by atoms with Crippen LogP contribution in [-0.4, -0.2) is 31.6 Å². The van der Waals surface area contributed by atoms with Crippen LogP contribution in [-0.2, 0) is 13.6 Å². The van der Waals surface area contributed by atoms with Crippen LogP contribution in [0.1, 0.15) is 45.7 Å². The molecule has 1 amide bonds. The topological polar surface area (TPSA) is 76.8 Å². The zero-order chi connectivity index (χ0) is 22.3. The highest BCUT2D eigenvalue weighted by atomic mass is 79.9. The molecule has 11 heteroatoms. The highest BCUT2D eigenvalue weighted by Crippen LogP contribution is 2.44. The number of aromatic nitrogens is 4. The summed E-state index contributed by atoms with van der Waals surface area (Å²) in [6.45, 7) is 2.08. The molecule has 0 fully saturated rings. The number of hydrogen-bond donors (Lipinski definition) is 2. The molecule has 2 N–H and O–H groups in total. The summed E-state index contributed by atoms with van der Waals surface area (Å²) in [5.74, 6) is -0.448. The zero-order valence-electron chi connectivity index (χ0n) is 16.7. The van der Waals surface area contributed by atoms with Crippen LogP contribution in [0.15, 0.2) is 41.1 Å². The maximum atomic E-state index is 13.8. The number of alkyl halides is 3. The summed E-state index contributed by atoms with van der Waals surface area (Å²) in [6.07, 6.45) is -1.91. The number of aryl methyl sites for hydroxylation is 1. The number of halogens is 4. The lowest BCUT2D eigenvalue weighted by molar-refractivity contribution is -0.173. The third-order valence-corrected chi connectivity index (χ3v) is 6.06. The van der Waals surface area contributed by atoms with Crippen LogP contribution in [0, 0.1) is 6.92 Å². The summed E-state index contributed by atoms with van der Waals surface area (Å²) in [7, 11) is 1.79. The van der Waals surface area contributed by atoms with E-state index in [1.165, 1.54) is 6.20 Å². The summed E-state index contributed by atoms with van der Waals surface area (Å²) in [5.41, 5.74) is 2.48. The molecule has 3 heterocycles. The zero-order valence-corrected chi connectivity index (χ0v) is 18.3. The van der Waals surface area contributed by atoms with Gasteiger partial charge in [0.25, 0.3) is 5.91 Å². The SMILES string of the molecule is Cc1c(CNC(=O)c2cnn3c2N[C@@H](c2ccc(Br)cc2)C[C@@H]3C(F)(F)F)cnn1C. The first kappa shape index (κ1) is 21.4. The Morgan fingerprint density at radius 3 is 2.58 bits per heavy atom. The van der Waals surface area contributed by atoms with E-state index in [2.05, 4.69) is 36.8 Å². The molecular formula is C20H20BrF3N6O. The molecule has 1 aromatic carbocycles. The van der Waals surface area contributed by atoms with Gasteiger partial charge in [0.15, 0.2) is 6.04 Å². The van der Waals surface area contributed by atoms with Crippen molar-refractivity contribution in [2.24, 2.45) is 7.05 Å². The molecule has 0 saturated carbocycles. The second-order valence-corrected chi connectivity index (χ2v) is 8.37. The number of carbonyl (C=O) groups excluding carboxylic acids is 1. The largest absolute Gasteiger partial charge is 0.410 e. The molecule has 1 aliphatic heterocycles. The van der Waals surface area contributed by atoms with E-state index in [4.69, 9.17) is 0 Å². The van der Waals surface area contributed by atoms with Crippen LogP contribution < -0.4 is 10.6 Å². The fourth-order valence-electron chi connectivity index (χ4n) is 3.63. The quantitative estimate of drug-likeness (QED) is 0.565. The van der Waals surface area contributed by atoms with Crippen molar-refractivity contribution in [2.75, 3.05) is 5.32 Å². The number of nitrogens with zero attached hydrogens (tertiary/aromatic N) is 4. The van der Waals surface area contributed by atoms with Crippen molar-refractivity contribution in [3.8, 4) is 0 Å². The number of rotatable bonds is 4. The number of hydrogen-bond acceptors (Lipinski definition) is 4. The minimum absolute atomic E-state index is 0.0573. The Morgan fingerprint density at radius 2 is 1.97 bits per heavy atom. The van der Waals surface area contributed by atoms with E-state index in [0.717, 1.165) is 20.4 Å². The molecule has 0 bridgehead atoms. The van der Waals surface area contributed by atoms with Crippen LogP contribution in [0.5, 0.6) is 0 Å². The molecule has 0 spiro atoms. The van der Waals surface area contributed by atoms with E-state index in [9.17, 15) is 18.0 Å². The molecule has 1 aliphatic rings. The van der Waals surface area contributed by atoms with Gasteiger partial charge in [0.2, 0.25) is 0 Å². The number of anilines is 1. The molecule has 2 aromatic heterocycles. The lowest BCUT2D eigenvalue weighted by Crippen LogP contribution is -2.36. The molecule has 3 aromatic rings. The van der Waals surface area contributed by atoms with Gasteiger partial charge < -0.3 is 10.6 Å². The summed E-state index contributed by atoms with van der Waals surface area (Å²) in [6, 6.07) is 4.61. The first-order valence-electron chi connectivity index (χ1n) is 9.57. The maximum absolute atomic E-state index is 13.8. The molecule has 0 unspecified atom stereocenters. The second-order valence-electron chi connectivity index (χ2n) is 7.45. The number of nitrogens with one attached hydrogen (secondary N) is 2. The van der Waals surface area contributed by atoms with Crippen molar-refractivity contribution in [1.29, 1.82) is 0 Å². The van der Waals surface area contributed by atoms with Crippen molar-refractivity contribution >= 4 is 27.7 Å². The molecule has 31 heavy (non-hydrogen) atoms. The van der Waals surface area contributed by atoms with E-state index in [1.807, 2.05) is 6.92 Å². The van der Waals surface area contributed by atoms with Crippen LogP contribution in [0.25, 0.3) is 0 Å². The Hall–Kier alpha value is -2.82. The summed E-state index contributed by atoms with van der Waals surface area (Å²) in [4.78, 5) is 12.8. The lowest BCUT2D eigenvalue weighted by atomic mass is 9.96. The Balaban J connectivity index is 1.62. The molecule has 0 radical (unpaired) electrons. The van der Waals surface area contributed by atoms with Crippen molar-refractivity contribution in [2.45, 2.75) is 38.1 Å². The summed E-state index contributed by atoms with van der Waals surface area (Å²) < 4.78 is 44.8. The third kappa shape index (κ3) is 4.18. The van der Waals surface area contributed by atoms with Crippen molar-refractivity contribution in [3.05, 3.63) is 63.5 Å². The highest BCUT2D eigenvalue weighted by molar-refractivity contribution is 9.10. The van der Waals surface area contributed by atoms with Gasteiger partial charge in [0, 0.05) is 35.7 Å². The minimum atomic E-state index is -4.50. The first-order valence-corrected chi connectivity index (χ1v) is 10.4. The molecule has 0 saturated heterocycles. The van der Waals surface area contributed by atoms with Crippen LogP contribution in [0.2, 0.25) is 0 Å². The Morgan fingerprint density at radius 1 is 1.26 bits per heavy atom. The van der Waals surface area contributed by atoms with Crippen LogP contribution in [0.3, 0.4) is 0 Å². The molecule has 7 nitrogen and oxygen atoms in total. The van der Waals surface area contributed by atoms with Gasteiger partial charge in [0.1, 0.15) is 11.4 Å². The van der Waals surface area contributed by atoms with Gasteiger partial charge in [-0.1, -0.05) is 28.1 Å². The van der Waals surface area contributed by atoms with E-state index in [1.54, 1.807) is 42.2 Å². The second kappa shape index (κ2) is 8.03. The van der Waals surface area contributed by atoms with Crippen molar-refractivity contribution in [3.63, 3.8) is 0 Å². The monoisotopic (exact) mass is 496 g/mol. The Labute approximate surface area is 184 Å². The molecule has 2 atom stereocenters. The fraction of sp³-hybridized carbons (Fsp3) is 0.350. The Kier molecular flexibility index (Phi) is 5.54. The molecular weight excluding hydrogens is 477 g/mol. The predicted octanol–water partition coefficient (Wildman–Crippen LogP) is 4.28. The average molecular weight is 497 g/mol. The molecule has 4 rings (SSSR count). The number of fused-ring (bicyclic) bond motifs is 1. The fourth-order valence-corrected chi connectivity index (χ4v) is 3.90. The number of amides is 1. The van der Waals surface area contributed by atoms with Gasteiger partial charge in [-0.15, -0.1) is 0 Å². The minimum Gasteiger partial charge on any atom is -0.363 e. The predicted molar refractivity (Wildman–Crippen MR) is 112 cm³/mol. The molecule has 164 valence electrons. The first-order chi connectivity index (χ1) is 14.6. The highest BCUT2D eigenvalue weighted by Gasteiger charge is 2.47. The summed E-state index contributed by atoms with van der Waals surface area (Å²) >= 11 is 3.33. The van der Waals surface area contributed by atoms with Crippen molar-refractivity contribution in [1.82, 2.24) is 24.9 Å². The normalized spacial score (nSPS) is 18.4. The van der Waals surface area contributed by atoms with Gasteiger partial charge in [-0.05, 0) is 24.6 Å². The van der Waals surface area contributed by atoms with E-state index in [0.29, 0.717) is 5.56 Å². The number of carbonyl (C=O) groups is 1. The third-order valence-electron chi connectivity index (χ3n) is 5.53. The van der Waals surface area contributed by atoms with E-state index >= 15 is 0 Å². The average Bonchev–Trinajstić information content (AvgIpc) is 3.29. The number of benzene rings is 1. The standard InChI is InChI=1S/C20H20BrF3N6O/c1-11-13(9-26-29(11)2)8-25-19(31)15-10-27-30-17(20(22,23)24)7-16(28-18(15)30)12-3-5-14(21)6-4-12/h3-6,9-10,16-17,28H,7-8H2,1-2H3,(H,25,31)/t16-,17-/m1/s1. The Bertz CT molecular complexity index is 1110. The van der Waals surface area contributed by atoms with Gasteiger partial charge in [-0.25, -0.2) is 4.68 Å².